The lowest BCUT2D eigenvalue weighted by molar-refractivity contribution is 0.242. The molecular weight excluding hydrogens is 210 g/mol. The zero-order chi connectivity index (χ0) is 10.5. The number of aromatic amines is 1. The number of piperidine rings is 1. The van der Waals surface area contributed by atoms with Crippen LogP contribution in [0.15, 0.2) is 5.16 Å². The predicted octanol–water partition coefficient (Wildman–Crippen LogP) is 0.965. The van der Waals surface area contributed by atoms with Gasteiger partial charge in [-0.1, -0.05) is 18.2 Å². The average Bonchev–Trinajstić information content (AvgIpc) is 2.66. The van der Waals surface area contributed by atoms with Crippen molar-refractivity contribution in [1.29, 1.82) is 0 Å². The molecular formula is C9H17N5S. The molecule has 1 saturated heterocycles. The van der Waals surface area contributed by atoms with Crippen LogP contribution in [0.25, 0.3) is 0 Å². The van der Waals surface area contributed by atoms with E-state index in [1.807, 2.05) is 0 Å². The van der Waals surface area contributed by atoms with Crippen LogP contribution in [0.2, 0.25) is 0 Å². The van der Waals surface area contributed by atoms with Crippen molar-refractivity contribution >= 4 is 17.7 Å². The van der Waals surface area contributed by atoms with Gasteiger partial charge in [0.2, 0.25) is 11.1 Å². The molecule has 1 aromatic heterocycles. The van der Waals surface area contributed by atoms with Crippen LogP contribution in [-0.2, 0) is 0 Å². The minimum Gasteiger partial charge on any atom is -0.368 e. The van der Waals surface area contributed by atoms with E-state index >= 15 is 0 Å². The van der Waals surface area contributed by atoms with Gasteiger partial charge in [-0.2, -0.15) is 4.98 Å². The number of nitrogens with one attached hydrogen (secondary N) is 1. The summed E-state index contributed by atoms with van der Waals surface area (Å²) in [4.78, 5) is 6.56. The molecule has 15 heavy (non-hydrogen) atoms. The highest BCUT2D eigenvalue weighted by molar-refractivity contribution is 7.99. The fourth-order valence-electron chi connectivity index (χ4n) is 1.77. The molecule has 0 amide bonds. The van der Waals surface area contributed by atoms with Crippen LogP contribution in [-0.4, -0.2) is 45.5 Å². The zero-order valence-corrected chi connectivity index (χ0v) is 9.59. The van der Waals surface area contributed by atoms with E-state index in [2.05, 4.69) is 20.1 Å². The summed E-state index contributed by atoms with van der Waals surface area (Å²) < 4.78 is 0. The Hall–Kier alpha value is -0.750. The Kier molecular flexibility index (Phi) is 3.85. The largest absolute Gasteiger partial charge is 0.368 e. The van der Waals surface area contributed by atoms with Crippen LogP contribution in [0.4, 0.5) is 5.95 Å². The van der Waals surface area contributed by atoms with Gasteiger partial charge in [-0.25, -0.2) is 5.10 Å². The lowest BCUT2D eigenvalue weighted by Gasteiger charge is -2.25. The number of nitrogens with two attached hydrogens (primary N) is 1. The highest BCUT2D eigenvalue weighted by Crippen LogP contribution is 2.14. The lowest BCUT2D eigenvalue weighted by Crippen LogP contribution is -2.31. The fourth-order valence-corrected chi connectivity index (χ4v) is 2.58. The fraction of sp³-hybridized carbons (Fsp3) is 0.778. The van der Waals surface area contributed by atoms with Gasteiger partial charge < -0.3 is 10.6 Å². The summed E-state index contributed by atoms with van der Waals surface area (Å²) in [5.74, 6) is 1.44. The van der Waals surface area contributed by atoms with Gasteiger partial charge in [-0.3, -0.25) is 0 Å². The second-order valence-electron chi connectivity index (χ2n) is 3.75. The predicted molar refractivity (Wildman–Crippen MR) is 61.8 cm³/mol. The maximum absolute atomic E-state index is 5.44. The molecule has 0 unspecified atom stereocenters. The third-order valence-electron chi connectivity index (χ3n) is 2.57. The van der Waals surface area contributed by atoms with E-state index in [1.54, 1.807) is 11.8 Å². The number of H-pyrrole nitrogens is 1. The summed E-state index contributed by atoms with van der Waals surface area (Å²) in [6.45, 7) is 3.62. The van der Waals surface area contributed by atoms with Gasteiger partial charge in [-0.05, 0) is 25.9 Å². The Balaban J connectivity index is 1.65. The lowest BCUT2D eigenvalue weighted by atomic mass is 10.1. The van der Waals surface area contributed by atoms with E-state index in [-0.39, 0.29) is 0 Å². The third-order valence-corrected chi connectivity index (χ3v) is 3.40. The van der Waals surface area contributed by atoms with Gasteiger partial charge >= 0.3 is 0 Å². The van der Waals surface area contributed by atoms with Gasteiger partial charge in [-0.15, -0.1) is 5.10 Å². The van der Waals surface area contributed by atoms with E-state index in [1.165, 1.54) is 32.4 Å². The van der Waals surface area contributed by atoms with Crippen molar-refractivity contribution in [1.82, 2.24) is 20.1 Å². The highest BCUT2D eigenvalue weighted by atomic mass is 32.2. The Labute approximate surface area is 93.8 Å². The van der Waals surface area contributed by atoms with Gasteiger partial charge in [0, 0.05) is 12.3 Å². The Morgan fingerprint density at radius 3 is 2.80 bits per heavy atom. The third kappa shape index (κ3) is 3.39. The second kappa shape index (κ2) is 5.37. The SMILES string of the molecule is Nc1nc(SCCN2CCCCC2)n[nH]1. The molecule has 1 aliphatic heterocycles. The molecule has 0 atom stereocenters. The first-order chi connectivity index (χ1) is 7.34. The molecule has 2 heterocycles. The summed E-state index contributed by atoms with van der Waals surface area (Å²) in [6, 6.07) is 0. The zero-order valence-electron chi connectivity index (χ0n) is 8.78. The Morgan fingerprint density at radius 2 is 2.13 bits per heavy atom. The average molecular weight is 227 g/mol. The molecule has 0 spiro atoms. The Bertz CT molecular complexity index is 294. The first-order valence-electron chi connectivity index (χ1n) is 5.37. The van der Waals surface area contributed by atoms with Crippen LogP contribution in [0.1, 0.15) is 19.3 Å². The minimum atomic E-state index is 0.399. The maximum atomic E-state index is 5.44. The summed E-state index contributed by atoms with van der Waals surface area (Å²) in [7, 11) is 0. The summed E-state index contributed by atoms with van der Waals surface area (Å²) >= 11 is 1.66. The van der Waals surface area contributed by atoms with Crippen LogP contribution in [0.3, 0.4) is 0 Å². The quantitative estimate of drug-likeness (QED) is 0.750. The van der Waals surface area contributed by atoms with Crippen molar-refractivity contribution < 1.29 is 0 Å². The standard InChI is InChI=1S/C9H17N5S/c10-8-11-9(13-12-8)15-7-6-14-4-2-1-3-5-14/h1-7H2,(H3,10,11,12,13). The van der Waals surface area contributed by atoms with Crippen molar-refractivity contribution in [3.05, 3.63) is 0 Å². The number of hydrogen-bond donors (Lipinski definition) is 2. The van der Waals surface area contributed by atoms with E-state index in [0.29, 0.717) is 5.95 Å². The van der Waals surface area contributed by atoms with Gasteiger partial charge in [0.1, 0.15) is 0 Å². The summed E-state index contributed by atoms with van der Waals surface area (Å²) in [5, 5.41) is 7.38. The molecule has 2 rings (SSSR count). The molecule has 0 bridgehead atoms. The smallest absolute Gasteiger partial charge is 0.216 e. The van der Waals surface area contributed by atoms with Gasteiger partial charge in [0.05, 0.1) is 0 Å². The molecule has 1 aromatic rings. The number of thioether (sulfide) groups is 1. The number of aromatic nitrogens is 3. The van der Waals surface area contributed by atoms with Crippen LogP contribution < -0.4 is 5.73 Å². The molecule has 0 aromatic carbocycles. The molecule has 0 aliphatic carbocycles. The van der Waals surface area contributed by atoms with E-state index in [4.69, 9.17) is 5.73 Å². The van der Waals surface area contributed by atoms with Crippen LogP contribution in [0, 0.1) is 0 Å². The molecule has 1 aliphatic rings. The maximum Gasteiger partial charge on any atom is 0.216 e. The molecule has 84 valence electrons. The van der Waals surface area contributed by atoms with Crippen molar-refractivity contribution in [3.8, 4) is 0 Å². The van der Waals surface area contributed by atoms with Crippen LogP contribution >= 0.6 is 11.8 Å². The molecule has 5 nitrogen and oxygen atoms in total. The minimum absolute atomic E-state index is 0.399. The van der Waals surface area contributed by atoms with Gasteiger partial charge in [0.25, 0.3) is 0 Å². The Morgan fingerprint density at radius 1 is 1.33 bits per heavy atom. The number of anilines is 1. The van der Waals surface area contributed by atoms with E-state index in [0.717, 1.165) is 17.5 Å². The normalized spacial score (nSPS) is 18.1. The number of hydrogen-bond acceptors (Lipinski definition) is 5. The molecule has 1 fully saturated rings. The number of rotatable bonds is 4. The van der Waals surface area contributed by atoms with Crippen molar-refractivity contribution in [2.75, 3.05) is 31.1 Å². The van der Waals surface area contributed by atoms with E-state index in [9.17, 15) is 0 Å². The van der Waals surface area contributed by atoms with Crippen molar-refractivity contribution in [3.63, 3.8) is 0 Å². The first kappa shape index (κ1) is 10.8. The van der Waals surface area contributed by atoms with Crippen molar-refractivity contribution in [2.45, 2.75) is 24.4 Å². The molecule has 3 N–H and O–H groups in total. The first-order valence-corrected chi connectivity index (χ1v) is 6.36. The van der Waals surface area contributed by atoms with E-state index < -0.39 is 0 Å². The summed E-state index contributed by atoms with van der Waals surface area (Å²) in [5.41, 5.74) is 5.44. The number of nitrogen functional groups attached to an aromatic ring is 1. The molecule has 0 saturated carbocycles. The second-order valence-corrected chi connectivity index (χ2v) is 4.82. The van der Waals surface area contributed by atoms with Gasteiger partial charge in [0.15, 0.2) is 0 Å². The number of likely N-dealkylation sites (tertiary alicyclic amines) is 1. The highest BCUT2D eigenvalue weighted by Gasteiger charge is 2.10. The van der Waals surface area contributed by atoms with Crippen LogP contribution in [0.5, 0.6) is 0 Å². The van der Waals surface area contributed by atoms with Crippen molar-refractivity contribution in [2.24, 2.45) is 0 Å². The number of nitrogens with zero attached hydrogens (tertiary/aromatic N) is 3. The topological polar surface area (TPSA) is 70.8 Å². The molecule has 0 radical (unpaired) electrons. The monoisotopic (exact) mass is 227 g/mol. The summed E-state index contributed by atoms with van der Waals surface area (Å²) in [6.07, 6.45) is 4.08. The molecule has 6 heteroatoms.